The van der Waals surface area contributed by atoms with Crippen LogP contribution in [0.4, 0.5) is 0 Å². The van der Waals surface area contributed by atoms with Crippen LogP contribution in [0.15, 0.2) is 53.7 Å². The molecule has 8 heteroatoms. The first-order valence-corrected chi connectivity index (χ1v) is 11.1. The molecule has 2 aromatic heterocycles. The molecule has 0 atom stereocenters. The van der Waals surface area contributed by atoms with E-state index in [2.05, 4.69) is 57.1 Å². The third-order valence-corrected chi connectivity index (χ3v) is 5.86. The summed E-state index contributed by atoms with van der Waals surface area (Å²) in [6, 6.07) is 14.3. The fraction of sp³-hybridized carbons (Fsp3) is 0.320. The summed E-state index contributed by atoms with van der Waals surface area (Å²) in [5.74, 6) is 3.32. The summed E-state index contributed by atoms with van der Waals surface area (Å²) in [6.07, 6.45) is 2.99. The van der Waals surface area contributed by atoms with Crippen molar-refractivity contribution in [1.82, 2.24) is 30.4 Å². The van der Waals surface area contributed by atoms with E-state index >= 15 is 0 Å². The largest absolute Gasteiger partial charge is 0.497 e. The summed E-state index contributed by atoms with van der Waals surface area (Å²) in [7, 11) is 3.63. The van der Waals surface area contributed by atoms with Gasteiger partial charge in [0, 0.05) is 30.7 Å². The van der Waals surface area contributed by atoms with Gasteiger partial charge < -0.3 is 24.9 Å². The van der Waals surface area contributed by atoms with E-state index in [1.165, 1.54) is 22.0 Å². The number of aromatic nitrogens is 4. The molecule has 0 unspecified atom stereocenters. The maximum Gasteiger partial charge on any atom is 0.191 e. The summed E-state index contributed by atoms with van der Waals surface area (Å²) < 4.78 is 7.22. The minimum atomic E-state index is 0.540. The van der Waals surface area contributed by atoms with Gasteiger partial charge >= 0.3 is 0 Å². The number of methoxy groups -OCH3 is 1. The molecule has 2 aromatic carbocycles. The van der Waals surface area contributed by atoms with Crippen LogP contribution in [0, 0.1) is 13.8 Å². The number of hydrogen-bond donors (Lipinski definition) is 3. The van der Waals surface area contributed by atoms with E-state index in [0.29, 0.717) is 13.1 Å². The zero-order chi connectivity index (χ0) is 23.2. The van der Waals surface area contributed by atoms with Gasteiger partial charge in [0.15, 0.2) is 11.8 Å². The molecular weight excluding hydrogens is 414 g/mol. The minimum absolute atomic E-state index is 0.540. The van der Waals surface area contributed by atoms with Crippen LogP contribution in [-0.4, -0.2) is 39.4 Å². The quantitative estimate of drug-likeness (QED) is 0.286. The number of fused-ring (bicyclic) bond motifs is 1. The first-order chi connectivity index (χ1) is 16.0. The molecule has 2 heterocycles. The highest BCUT2D eigenvalue weighted by Gasteiger charge is 2.09. The van der Waals surface area contributed by atoms with Gasteiger partial charge in [-0.15, -0.1) is 10.2 Å². The number of aliphatic imine (C=N–C) groups is 1. The molecule has 0 spiro atoms. The Kier molecular flexibility index (Phi) is 6.92. The van der Waals surface area contributed by atoms with Gasteiger partial charge in [-0.2, -0.15) is 0 Å². The van der Waals surface area contributed by atoms with Gasteiger partial charge in [0.25, 0.3) is 0 Å². The van der Waals surface area contributed by atoms with E-state index < -0.39 is 0 Å². The second-order valence-electron chi connectivity index (χ2n) is 8.08. The molecule has 8 nitrogen and oxygen atoms in total. The van der Waals surface area contributed by atoms with Crippen molar-refractivity contribution >= 4 is 16.9 Å². The average Bonchev–Trinajstić information content (AvgIpc) is 3.39. The Morgan fingerprint density at radius 2 is 1.91 bits per heavy atom. The van der Waals surface area contributed by atoms with Crippen molar-refractivity contribution in [3.8, 4) is 5.75 Å². The van der Waals surface area contributed by atoms with Crippen LogP contribution in [0.1, 0.15) is 28.3 Å². The summed E-state index contributed by atoms with van der Waals surface area (Å²) in [4.78, 5) is 8.16. The van der Waals surface area contributed by atoms with Gasteiger partial charge in [0.2, 0.25) is 0 Å². The number of hydrogen-bond acceptors (Lipinski definition) is 4. The molecule has 4 aromatic rings. The first kappa shape index (κ1) is 22.4. The normalized spacial score (nSPS) is 11.7. The van der Waals surface area contributed by atoms with E-state index in [-0.39, 0.29) is 0 Å². The van der Waals surface area contributed by atoms with E-state index in [0.717, 1.165) is 41.9 Å². The Hall–Kier alpha value is -3.81. The van der Waals surface area contributed by atoms with Crippen molar-refractivity contribution in [3.05, 3.63) is 77.0 Å². The molecule has 0 amide bonds. The van der Waals surface area contributed by atoms with Crippen molar-refractivity contribution < 1.29 is 4.74 Å². The number of rotatable bonds is 8. The fourth-order valence-corrected chi connectivity index (χ4v) is 3.81. The molecule has 0 bridgehead atoms. The second kappa shape index (κ2) is 10.2. The molecule has 0 saturated carbocycles. The molecule has 0 fully saturated rings. The summed E-state index contributed by atoms with van der Waals surface area (Å²) in [6.45, 7) is 5.95. The van der Waals surface area contributed by atoms with Crippen molar-refractivity contribution in [2.75, 3.05) is 13.7 Å². The fourth-order valence-electron chi connectivity index (χ4n) is 3.81. The number of nitrogens with one attached hydrogen (secondary N) is 3. The lowest BCUT2D eigenvalue weighted by Crippen LogP contribution is -2.38. The van der Waals surface area contributed by atoms with E-state index in [1.807, 2.05) is 42.8 Å². The number of H-pyrrole nitrogens is 1. The topological polar surface area (TPSA) is 92.2 Å². The predicted molar refractivity (Wildman–Crippen MR) is 131 cm³/mol. The monoisotopic (exact) mass is 445 g/mol. The zero-order valence-corrected chi connectivity index (χ0v) is 19.6. The van der Waals surface area contributed by atoms with Crippen LogP contribution in [0.5, 0.6) is 5.75 Å². The van der Waals surface area contributed by atoms with E-state index in [9.17, 15) is 0 Å². The number of aryl methyl sites for hydroxylation is 2. The number of aromatic amines is 1. The Bertz CT molecular complexity index is 1240. The van der Waals surface area contributed by atoms with Gasteiger partial charge in [-0.3, -0.25) is 0 Å². The highest BCUT2D eigenvalue weighted by Crippen LogP contribution is 2.22. The summed E-state index contributed by atoms with van der Waals surface area (Å²) in [5, 5.41) is 16.5. The van der Waals surface area contributed by atoms with E-state index in [1.54, 1.807) is 7.11 Å². The molecule has 0 aliphatic rings. The van der Waals surface area contributed by atoms with Crippen LogP contribution in [-0.2, 0) is 26.6 Å². The lowest BCUT2D eigenvalue weighted by atomic mass is 10.1. The number of nitrogens with zero attached hydrogens (tertiary/aromatic N) is 4. The minimum Gasteiger partial charge on any atom is -0.497 e. The van der Waals surface area contributed by atoms with Crippen molar-refractivity contribution in [2.24, 2.45) is 12.0 Å². The third kappa shape index (κ3) is 5.34. The van der Waals surface area contributed by atoms with Crippen molar-refractivity contribution in [3.63, 3.8) is 0 Å². The molecule has 0 aliphatic heterocycles. The Labute approximate surface area is 194 Å². The molecule has 33 heavy (non-hydrogen) atoms. The average molecular weight is 446 g/mol. The molecule has 4 rings (SSSR count). The Morgan fingerprint density at radius 3 is 2.64 bits per heavy atom. The zero-order valence-electron chi connectivity index (χ0n) is 19.6. The third-order valence-electron chi connectivity index (χ3n) is 5.86. The molecule has 0 aliphatic carbocycles. The second-order valence-corrected chi connectivity index (χ2v) is 8.08. The highest BCUT2D eigenvalue weighted by molar-refractivity contribution is 5.86. The van der Waals surface area contributed by atoms with Gasteiger partial charge in [0.05, 0.1) is 20.2 Å². The predicted octanol–water partition coefficient (Wildman–Crippen LogP) is 3.40. The van der Waals surface area contributed by atoms with Gasteiger partial charge in [-0.25, -0.2) is 4.99 Å². The van der Waals surface area contributed by atoms with Crippen LogP contribution < -0.4 is 15.4 Å². The van der Waals surface area contributed by atoms with Crippen LogP contribution in [0.2, 0.25) is 0 Å². The maximum absolute atomic E-state index is 5.24. The summed E-state index contributed by atoms with van der Waals surface area (Å²) >= 11 is 0. The van der Waals surface area contributed by atoms with Gasteiger partial charge in [-0.1, -0.05) is 24.3 Å². The molecule has 3 N–H and O–H groups in total. The Morgan fingerprint density at radius 1 is 1.09 bits per heavy atom. The van der Waals surface area contributed by atoms with Crippen LogP contribution in [0.25, 0.3) is 10.9 Å². The Balaban J connectivity index is 1.44. The molecule has 172 valence electrons. The number of guanidine groups is 1. The summed E-state index contributed by atoms with van der Waals surface area (Å²) in [5.41, 5.74) is 4.87. The molecule has 0 radical (unpaired) electrons. The first-order valence-electron chi connectivity index (χ1n) is 11.1. The smallest absolute Gasteiger partial charge is 0.191 e. The number of benzene rings is 2. The van der Waals surface area contributed by atoms with Crippen molar-refractivity contribution in [2.45, 2.75) is 33.4 Å². The van der Waals surface area contributed by atoms with Crippen LogP contribution >= 0.6 is 0 Å². The van der Waals surface area contributed by atoms with E-state index in [4.69, 9.17) is 9.73 Å². The lowest BCUT2D eigenvalue weighted by molar-refractivity contribution is 0.414. The maximum atomic E-state index is 5.24. The lowest BCUT2D eigenvalue weighted by Gasteiger charge is -2.13. The standard InChI is InChI=1S/C25H31N7O/c1-17-6-5-7-22-24(17)20(15-27-22)12-13-26-25(29-16-23-31-30-18(2)32(23)3)28-14-19-8-10-21(33-4)11-9-19/h5-11,15,27H,12-14,16H2,1-4H3,(H2,26,28,29). The highest BCUT2D eigenvalue weighted by atomic mass is 16.5. The molecule has 0 saturated heterocycles. The van der Waals surface area contributed by atoms with Crippen LogP contribution in [0.3, 0.4) is 0 Å². The van der Waals surface area contributed by atoms with Gasteiger partial charge in [0.1, 0.15) is 11.6 Å². The number of ether oxygens (including phenoxy) is 1. The molecular formula is C25H31N7O. The van der Waals surface area contributed by atoms with Gasteiger partial charge in [-0.05, 0) is 55.2 Å². The SMILES string of the molecule is COc1ccc(CN=C(NCCc2c[nH]c3cccc(C)c23)NCc2nnc(C)n2C)cc1. The van der Waals surface area contributed by atoms with Crippen molar-refractivity contribution in [1.29, 1.82) is 0 Å².